The summed E-state index contributed by atoms with van der Waals surface area (Å²) in [5.41, 5.74) is 2.67. The van der Waals surface area contributed by atoms with Crippen LogP contribution in [0.4, 0.5) is 0 Å². The number of rotatable bonds is 5. The van der Waals surface area contributed by atoms with Gasteiger partial charge in [-0.25, -0.2) is 4.98 Å². The Morgan fingerprint density at radius 3 is 2.77 bits per heavy atom. The normalized spacial score (nSPS) is 18.9. The third-order valence-corrected chi connectivity index (χ3v) is 6.63. The first kappa shape index (κ1) is 23.7. The van der Waals surface area contributed by atoms with Crippen molar-refractivity contribution in [1.82, 2.24) is 19.8 Å². The molecule has 0 spiro atoms. The van der Waals surface area contributed by atoms with Crippen LogP contribution in [0.25, 0.3) is 11.3 Å². The van der Waals surface area contributed by atoms with Crippen molar-refractivity contribution in [3.05, 3.63) is 35.4 Å². The maximum Gasteiger partial charge on any atom is 0.275 e. The van der Waals surface area contributed by atoms with Crippen LogP contribution in [0.15, 0.2) is 18.2 Å². The lowest BCUT2D eigenvalue weighted by Crippen LogP contribution is -2.55. The number of benzene rings is 1. The molecule has 2 aromatic rings. The topological polar surface area (TPSA) is 87.1 Å². The molecule has 1 N–H and O–H groups in total. The number of aromatic nitrogens is 2. The zero-order valence-corrected chi connectivity index (χ0v) is 21.1. The Morgan fingerprint density at radius 2 is 2.09 bits per heavy atom. The van der Waals surface area contributed by atoms with E-state index in [4.69, 9.17) is 23.9 Å². The first-order chi connectivity index (χ1) is 16.8. The van der Waals surface area contributed by atoms with Crippen molar-refractivity contribution in [2.75, 3.05) is 40.0 Å². The van der Waals surface area contributed by atoms with Crippen molar-refractivity contribution < 1.29 is 23.7 Å². The summed E-state index contributed by atoms with van der Waals surface area (Å²) in [7, 11) is 1.62. The Balaban J connectivity index is 1.67. The molecule has 3 aliphatic rings. The van der Waals surface area contributed by atoms with E-state index in [1.54, 1.807) is 7.11 Å². The molecular formula is C26H34N4O5. The second-order valence-corrected chi connectivity index (χ2v) is 10.00. The van der Waals surface area contributed by atoms with E-state index in [2.05, 4.69) is 16.0 Å². The van der Waals surface area contributed by atoms with E-state index in [-0.39, 0.29) is 18.6 Å². The third-order valence-electron chi connectivity index (χ3n) is 6.63. The molecular weight excluding hydrogens is 448 g/mol. The van der Waals surface area contributed by atoms with Crippen LogP contribution in [0.2, 0.25) is 0 Å². The minimum Gasteiger partial charge on any atom is -0.493 e. The molecule has 1 aromatic carbocycles. The lowest BCUT2D eigenvalue weighted by atomic mass is 10.0. The van der Waals surface area contributed by atoms with Crippen molar-refractivity contribution in [3.8, 4) is 22.9 Å². The van der Waals surface area contributed by atoms with Gasteiger partial charge in [-0.3, -0.25) is 9.36 Å². The van der Waals surface area contributed by atoms with Gasteiger partial charge in [-0.15, -0.1) is 0 Å². The maximum absolute atomic E-state index is 13.9. The summed E-state index contributed by atoms with van der Waals surface area (Å²) in [5, 5.41) is 3.36. The van der Waals surface area contributed by atoms with Gasteiger partial charge in [-0.2, -0.15) is 0 Å². The average Bonchev–Trinajstić information content (AvgIpc) is 3.23. The number of carbonyl (C=O) groups excluding carboxylic acids is 1. The monoisotopic (exact) mass is 482 g/mol. The van der Waals surface area contributed by atoms with Crippen molar-refractivity contribution in [2.45, 2.75) is 52.4 Å². The summed E-state index contributed by atoms with van der Waals surface area (Å²) in [4.78, 5) is 20.7. The number of morpholine rings is 1. The van der Waals surface area contributed by atoms with Gasteiger partial charge in [0.15, 0.2) is 17.2 Å². The van der Waals surface area contributed by atoms with Gasteiger partial charge < -0.3 is 29.2 Å². The summed E-state index contributed by atoms with van der Waals surface area (Å²) in [6, 6.07) is 3.78. The highest BCUT2D eigenvalue weighted by molar-refractivity contribution is 5.95. The molecule has 1 aromatic heterocycles. The van der Waals surface area contributed by atoms with Crippen LogP contribution in [-0.2, 0) is 11.3 Å². The second kappa shape index (κ2) is 9.20. The predicted molar refractivity (Wildman–Crippen MR) is 132 cm³/mol. The highest BCUT2D eigenvalue weighted by atomic mass is 16.5. The molecule has 9 nitrogen and oxygen atoms in total. The quantitative estimate of drug-likeness (QED) is 0.700. The summed E-state index contributed by atoms with van der Waals surface area (Å²) in [6.45, 7) is 11.4. The maximum atomic E-state index is 13.9. The molecule has 0 unspecified atom stereocenters. The number of carbonyl (C=O) groups is 1. The molecule has 1 saturated heterocycles. The molecule has 3 aliphatic heterocycles. The molecule has 5 rings (SSSR count). The number of imidazole rings is 1. The van der Waals surface area contributed by atoms with E-state index in [9.17, 15) is 4.79 Å². The van der Waals surface area contributed by atoms with Crippen molar-refractivity contribution in [1.29, 1.82) is 0 Å². The molecule has 1 amide bonds. The first-order valence-electron chi connectivity index (χ1n) is 12.2. The standard InChI is InChI=1S/C26H34N4O5/c1-16(2)35-22-12-18-20(13-21(22)32-5)34-14-19-23(25(31)29-10-11-33-15-26(29,3)4)28-24(30(18)19)17-6-8-27-9-7-17/h6,12-13,16,27H,7-11,14-15H2,1-5H3. The third kappa shape index (κ3) is 4.27. The largest absolute Gasteiger partial charge is 0.493 e. The van der Waals surface area contributed by atoms with Gasteiger partial charge in [0.05, 0.1) is 43.3 Å². The summed E-state index contributed by atoms with van der Waals surface area (Å²) in [5.74, 6) is 2.58. The van der Waals surface area contributed by atoms with E-state index < -0.39 is 5.54 Å². The lowest BCUT2D eigenvalue weighted by molar-refractivity contribution is -0.0374. The second-order valence-electron chi connectivity index (χ2n) is 10.00. The predicted octanol–water partition coefficient (Wildman–Crippen LogP) is 3.19. The van der Waals surface area contributed by atoms with Gasteiger partial charge in [0.2, 0.25) is 0 Å². The summed E-state index contributed by atoms with van der Waals surface area (Å²) in [6.07, 6.45) is 2.95. The molecule has 35 heavy (non-hydrogen) atoms. The van der Waals surface area contributed by atoms with Crippen LogP contribution in [0.3, 0.4) is 0 Å². The van der Waals surface area contributed by atoms with Crippen LogP contribution in [0.1, 0.15) is 56.1 Å². The molecule has 0 atom stereocenters. The van der Waals surface area contributed by atoms with E-state index in [0.717, 1.165) is 42.3 Å². The highest BCUT2D eigenvalue weighted by Crippen LogP contribution is 2.43. The molecule has 188 valence electrons. The minimum atomic E-state index is -0.418. The summed E-state index contributed by atoms with van der Waals surface area (Å²) >= 11 is 0. The Bertz CT molecular complexity index is 1170. The summed E-state index contributed by atoms with van der Waals surface area (Å²) < 4.78 is 25.5. The number of nitrogens with one attached hydrogen (secondary N) is 1. The van der Waals surface area contributed by atoms with Crippen LogP contribution in [0, 0.1) is 0 Å². The molecule has 9 heteroatoms. The van der Waals surface area contributed by atoms with Crippen LogP contribution < -0.4 is 19.5 Å². The van der Waals surface area contributed by atoms with Gasteiger partial charge in [-0.1, -0.05) is 6.08 Å². The SMILES string of the molecule is COc1cc2c(cc1OC(C)C)-n1c(C3=CCNCC3)nc(C(=O)N3CCOCC3(C)C)c1CO2. The van der Waals surface area contributed by atoms with E-state index in [1.165, 1.54) is 0 Å². The molecule has 1 fully saturated rings. The minimum absolute atomic E-state index is 0.0268. The van der Waals surface area contributed by atoms with E-state index in [1.807, 2.05) is 44.7 Å². The van der Waals surface area contributed by atoms with E-state index in [0.29, 0.717) is 42.7 Å². The number of ether oxygens (including phenoxy) is 4. The molecule has 0 bridgehead atoms. The zero-order chi connectivity index (χ0) is 24.7. The highest BCUT2D eigenvalue weighted by Gasteiger charge is 2.39. The van der Waals surface area contributed by atoms with Crippen LogP contribution in [-0.4, -0.2) is 72.0 Å². The van der Waals surface area contributed by atoms with Crippen LogP contribution in [0.5, 0.6) is 17.2 Å². The zero-order valence-electron chi connectivity index (χ0n) is 21.1. The van der Waals surface area contributed by atoms with Gasteiger partial charge in [0.1, 0.15) is 18.2 Å². The number of hydrogen-bond donors (Lipinski definition) is 1. The molecule has 4 heterocycles. The van der Waals surface area contributed by atoms with Gasteiger partial charge in [0.25, 0.3) is 5.91 Å². The van der Waals surface area contributed by atoms with Crippen LogP contribution >= 0.6 is 0 Å². The average molecular weight is 483 g/mol. The van der Waals surface area contributed by atoms with Gasteiger partial charge in [0, 0.05) is 25.2 Å². The Kier molecular flexibility index (Phi) is 6.23. The van der Waals surface area contributed by atoms with Gasteiger partial charge in [-0.05, 0) is 46.2 Å². The van der Waals surface area contributed by atoms with Crippen molar-refractivity contribution in [3.63, 3.8) is 0 Å². The Morgan fingerprint density at radius 1 is 1.26 bits per heavy atom. The van der Waals surface area contributed by atoms with Crippen molar-refractivity contribution >= 4 is 11.5 Å². The Hall–Kier alpha value is -3.04. The molecule has 0 aliphatic carbocycles. The molecule has 0 saturated carbocycles. The smallest absolute Gasteiger partial charge is 0.275 e. The number of amides is 1. The van der Waals surface area contributed by atoms with Gasteiger partial charge >= 0.3 is 0 Å². The van der Waals surface area contributed by atoms with Crippen molar-refractivity contribution in [2.24, 2.45) is 0 Å². The fourth-order valence-electron chi connectivity index (χ4n) is 4.89. The lowest BCUT2D eigenvalue weighted by Gasteiger charge is -2.41. The fourth-order valence-corrected chi connectivity index (χ4v) is 4.89. The number of hydrogen-bond acceptors (Lipinski definition) is 7. The number of fused-ring (bicyclic) bond motifs is 3. The Labute approximate surface area is 206 Å². The number of methoxy groups -OCH3 is 1. The van der Waals surface area contributed by atoms with E-state index >= 15 is 0 Å². The molecule has 0 radical (unpaired) electrons. The number of nitrogens with zero attached hydrogens (tertiary/aromatic N) is 3. The fraction of sp³-hybridized carbons (Fsp3) is 0.538. The first-order valence-corrected chi connectivity index (χ1v) is 12.2.